The number of fused-ring (bicyclic) bond motifs is 1. The summed E-state index contributed by atoms with van der Waals surface area (Å²) in [6, 6.07) is 11.7. The fourth-order valence-electron chi connectivity index (χ4n) is 7.28. The van der Waals surface area contributed by atoms with Gasteiger partial charge in [-0.25, -0.2) is 0 Å². The number of hydrogen-bond donors (Lipinski definition) is 4. The molecule has 12 heteroatoms. The standard InChI is InChI=1S/C42H63N5O7/c1-29-26-47(30(2)28-48)42(52)34-25-33(44-39(49)20-9-6-10-21-40(50)45-36-19-12-11-18-35(36)43)22-23-37(34)54-31(3)15-13-14-24-53-38(29)27-46(4)41(51)32-16-7-5-8-17-32/h11-12,18-19,22-23,25,29-32,38,48H,5-10,13-17,20-21,24,26-28,43H2,1-4H3,(H,44,49)(H,45,50)/t29-,30+,31-,38-/m1/s1. The number of aliphatic hydroxyl groups excluding tert-OH is 1. The Hall–Kier alpha value is -4.16. The van der Waals surface area contributed by atoms with Gasteiger partial charge in [0.2, 0.25) is 17.7 Å². The average Bonchev–Trinajstić information content (AvgIpc) is 3.16. The van der Waals surface area contributed by atoms with Crippen molar-refractivity contribution in [1.82, 2.24) is 9.80 Å². The molecule has 0 aromatic heterocycles. The van der Waals surface area contributed by atoms with Crippen molar-refractivity contribution < 1.29 is 33.8 Å². The number of para-hydroxylation sites is 2. The van der Waals surface area contributed by atoms with Crippen molar-refractivity contribution in [2.75, 3.05) is 49.7 Å². The van der Waals surface area contributed by atoms with Crippen molar-refractivity contribution in [2.45, 2.75) is 122 Å². The fraction of sp³-hybridized carbons (Fsp3) is 0.619. The van der Waals surface area contributed by atoms with Crippen LogP contribution in [0.25, 0.3) is 0 Å². The van der Waals surface area contributed by atoms with Crippen LogP contribution in [0.4, 0.5) is 17.1 Å². The summed E-state index contributed by atoms with van der Waals surface area (Å²) in [6.07, 6.45) is 9.69. The van der Waals surface area contributed by atoms with Gasteiger partial charge < -0.3 is 40.7 Å². The zero-order chi connectivity index (χ0) is 39.0. The predicted molar refractivity (Wildman–Crippen MR) is 212 cm³/mol. The predicted octanol–water partition coefficient (Wildman–Crippen LogP) is 6.63. The van der Waals surface area contributed by atoms with Gasteiger partial charge in [-0.1, -0.05) is 44.7 Å². The van der Waals surface area contributed by atoms with Crippen LogP contribution in [0.15, 0.2) is 42.5 Å². The topological polar surface area (TPSA) is 164 Å². The molecule has 0 saturated heterocycles. The number of rotatable bonds is 13. The van der Waals surface area contributed by atoms with Gasteiger partial charge in [-0.2, -0.15) is 0 Å². The van der Waals surface area contributed by atoms with E-state index in [-0.39, 0.29) is 60.7 Å². The highest BCUT2D eigenvalue weighted by atomic mass is 16.5. The number of benzene rings is 2. The highest BCUT2D eigenvalue weighted by molar-refractivity contribution is 6.00. The molecular formula is C42H63N5O7. The Labute approximate surface area is 321 Å². The van der Waals surface area contributed by atoms with Crippen LogP contribution in [0.1, 0.15) is 115 Å². The van der Waals surface area contributed by atoms with Crippen molar-refractivity contribution in [1.29, 1.82) is 0 Å². The third kappa shape index (κ3) is 13.0. The molecule has 4 atom stereocenters. The number of likely N-dealkylation sites (N-methyl/N-ethyl adjacent to an activating group) is 1. The van der Waals surface area contributed by atoms with E-state index in [0.29, 0.717) is 73.8 Å². The lowest BCUT2D eigenvalue weighted by molar-refractivity contribution is -0.138. The Bertz CT molecular complexity index is 1530. The summed E-state index contributed by atoms with van der Waals surface area (Å²) >= 11 is 0. The van der Waals surface area contributed by atoms with Crippen molar-refractivity contribution in [2.24, 2.45) is 11.8 Å². The first-order chi connectivity index (χ1) is 26.0. The van der Waals surface area contributed by atoms with Crippen LogP contribution in [0.5, 0.6) is 5.75 Å². The molecule has 5 N–H and O–H groups in total. The van der Waals surface area contributed by atoms with Gasteiger partial charge in [-0.15, -0.1) is 0 Å². The van der Waals surface area contributed by atoms with Crippen molar-refractivity contribution in [3.8, 4) is 5.75 Å². The van der Waals surface area contributed by atoms with Gasteiger partial charge in [0.05, 0.1) is 41.8 Å². The summed E-state index contributed by atoms with van der Waals surface area (Å²) < 4.78 is 12.8. The van der Waals surface area contributed by atoms with Crippen LogP contribution in [-0.2, 0) is 19.1 Å². The van der Waals surface area contributed by atoms with Gasteiger partial charge in [-0.3, -0.25) is 19.2 Å². The lowest BCUT2D eigenvalue weighted by Crippen LogP contribution is -2.48. The lowest BCUT2D eigenvalue weighted by atomic mass is 9.88. The second-order valence-corrected chi connectivity index (χ2v) is 15.3. The molecule has 1 heterocycles. The molecule has 0 radical (unpaired) electrons. The molecule has 1 aliphatic carbocycles. The first-order valence-electron chi connectivity index (χ1n) is 20.0. The number of carbonyl (C=O) groups is 4. The normalized spacial score (nSPS) is 20.9. The summed E-state index contributed by atoms with van der Waals surface area (Å²) in [4.78, 5) is 56.6. The zero-order valence-corrected chi connectivity index (χ0v) is 32.8. The average molecular weight is 750 g/mol. The maximum Gasteiger partial charge on any atom is 0.258 e. The number of amides is 4. The van der Waals surface area contributed by atoms with Gasteiger partial charge in [-0.05, 0) is 89.1 Å². The van der Waals surface area contributed by atoms with E-state index >= 15 is 0 Å². The Morgan fingerprint density at radius 2 is 1.63 bits per heavy atom. The highest BCUT2D eigenvalue weighted by Crippen LogP contribution is 2.30. The van der Waals surface area contributed by atoms with E-state index in [1.165, 1.54) is 6.42 Å². The summed E-state index contributed by atoms with van der Waals surface area (Å²) in [5.74, 6) is -0.153. The van der Waals surface area contributed by atoms with Gasteiger partial charge in [0, 0.05) is 57.1 Å². The van der Waals surface area contributed by atoms with Crippen LogP contribution in [0.3, 0.4) is 0 Å². The highest BCUT2D eigenvalue weighted by Gasteiger charge is 2.32. The second-order valence-electron chi connectivity index (χ2n) is 15.3. The summed E-state index contributed by atoms with van der Waals surface area (Å²) in [5.41, 5.74) is 7.78. The van der Waals surface area contributed by atoms with Gasteiger partial charge in [0.15, 0.2) is 0 Å². The molecule has 1 aliphatic heterocycles. The Morgan fingerprint density at radius 1 is 0.944 bits per heavy atom. The summed E-state index contributed by atoms with van der Waals surface area (Å²) in [6.45, 7) is 6.82. The molecule has 12 nitrogen and oxygen atoms in total. The van der Waals surface area contributed by atoms with E-state index in [1.54, 1.807) is 47.1 Å². The second kappa shape index (κ2) is 21.7. The third-order valence-electron chi connectivity index (χ3n) is 10.7. The van der Waals surface area contributed by atoms with Gasteiger partial charge in [0.25, 0.3) is 5.91 Å². The van der Waals surface area contributed by atoms with E-state index in [9.17, 15) is 24.3 Å². The first kappa shape index (κ1) is 42.6. The number of anilines is 3. The number of ether oxygens (including phenoxy) is 2. The maximum absolute atomic E-state index is 14.5. The summed E-state index contributed by atoms with van der Waals surface area (Å²) in [7, 11) is 1.85. The molecule has 2 aromatic carbocycles. The number of nitrogens with zero attached hydrogens (tertiary/aromatic N) is 2. The van der Waals surface area contributed by atoms with E-state index in [2.05, 4.69) is 10.6 Å². The largest absolute Gasteiger partial charge is 0.490 e. The van der Waals surface area contributed by atoms with E-state index in [0.717, 1.165) is 44.9 Å². The number of nitrogens with one attached hydrogen (secondary N) is 2. The fourth-order valence-corrected chi connectivity index (χ4v) is 7.28. The molecule has 298 valence electrons. The molecule has 54 heavy (non-hydrogen) atoms. The van der Waals surface area contributed by atoms with Crippen LogP contribution in [0, 0.1) is 11.8 Å². The number of nitrogen functional groups attached to an aromatic ring is 1. The third-order valence-corrected chi connectivity index (χ3v) is 10.7. The molecule has 0 unspecified atom stereocenters. The molecule has 1 fully saturated rings. The molecule has 0 spiro atoms. The number of hydrogen-bond acceptors (Lipinski definition) is 8. The van der Waals surface area contributed by atoms with Crippen LogP contribution >= 0.6 is 0 Å². The summed E-state index contributed by atoms with van der Waals surface area (Å²) in [5, 5.41) is 16.0. The molecule has 4 rings (SSSR count). The lowest BCUT2D eigenvalue weighted by Gasteiger charge is -2.36. The van der Waals surface area contributed by atoms with Gasteiger partial charge >= 0.3 is 0 Å². The minimum atomic E-state index is -0.509. The van der Waals surface area contributed by atoms with Crippen LogP contribution < -0.4 is 21.1 Å². The van der Waals surface area contributed by atoms with E-state index in [4.69, 9.17) is 15.2 Å². The van der Waals surface area contributed by atoms with Crippen molar-refractivity contribution >= 4 is 40.7 Å². The van der Waals surface area contributed by atoms with E-state index < -0.39 is 6.04 Å². The molecule has 2 aliphatic rings. The zero-order valence-electron chi connectivity index (χ0n) is 32.8. The molecule has 0 bridgehead atoms. The molecule has 4 amide bonds. The number of nitrogens with two attached hydrogens (primary N) is 1. The first-order valence-corrected chi connectivity index (χ1v) is 20.0. The monoisotopic (exact) mass is 749 g/mol. The molecule has 2 aromatic rings. The van der Waals surface area contributed by atoms with Crippen molar-refractivity contribution in [3.63, 3.8) is 0 Å². The number of aliphatic hydroxyl groups is 1. The van der Waals surface area contributed by atoms with Gasteiger partial charge in [0.1, 0.15) is 5.75 Å². The number of unbranched alkanes of at least 4 members (excludes halogenated alkanes) is 2. The Kier molecular flexibility index (Phi) is 17.1. The van der Waals surface area contributed by atoms with Crippen molar-refractivity contribution in [3.05, 3.63) is 48.0 Å². The minimum Gasteiger partial charge on any atom is -0.490 e. The molecular weight excluding hydrogens is 686 g/mol. The maximum atomic E-state index is 14.5. The van der Waals surface area contributed by atoms with Crippen LogP contribution in [-0.4, -0.2) is 90.1 Å². The minimum absolute atomic E-state index is 0.0526. The SMILES string of the molecule is C[C@@H]1CCCCO[C@H](CN(C)C(=O)C2CCCCC2)[C@H](C)CN([C@@H](C)CO)C(=O)c2cc(NC(=O)CCCCCC(=O)Nc3ccccc3N)ccc2O1. The quantitative estimate of drug-likeness (QED) is 0.131. The Balaban J connectivity index is 1.42. The molecule has 1 saturated carbocycles. The van der Waals surface area contributed by atoms with Crippen LogP contribution in [0.2, 0.25) is 0 Å². The smallest absolute Gasteiger partial charge is 0.258 e. The number of carbonyl (C=O) groups excluding carboxylic acids is 4. The van der Waals surface area contributed by atoms with E-state index in [1.807, 2.05) is 33.0 Å². The Morgan fingerprint density at radius 3 is 2.33 bits per heavy atom.